The third-order valence-corrected chi connectivity index (χ3v) is 3.20. The Labute approximate surface area is 104 Å². The molecular weight excluding hydrogens is 230 g/mol. The normalized spacial score (nSPS) is 21.2. The monoisotopic (exact) mass is 241 g/mol. The molecule has 0 bridgehead atoms. The molecule has 2 rings (SSSR count). The maximum absolute atomic E-state index is 10.9. The number of anilines is 1. The third-order valence-electron chi connectivity index (χ3n) is 3.20. The Morgan fingerprint density at radius 1 is 1.28 bits per heavy atom. The number of carboxylic acid groups (broad SMARTS) is 1. The largest absolute Gasteiger partial charge is 0.481 e. The maximum atomic E-state index is 10.9. The molecule has 0 saturated heterocycles. The van der Waals surface area contributed by atoms with Crippen LogP contribution in [0.3, 0.4) is 0 Å². The number of nitrogens with one attached hydrogen (secondary N) is 1. The van der Waals surface area contributed by atoms with Crippen molar-refractivity contribution in [2.24, 2.45) is 5.92 Å². The van der Waals surface area contributed by atoms with Gasteiger partial charge in [-0.2, -0.15) is 10.5 Å². The first-order valence-electron chi connectivity index (χ1n) is 5.59. The van der Waals surface area contributed by atoms with Gasteiger partial charge in [0, 0.05) is 11.7 Å². The van der Waals surface area contributed by atoms with Gasteiger partial charge < -0.3 is 10.4 Å². The van der Waals surface area contributed by atoms with Gasteiger partial charge in [-0.3, -0.25) is 4.79 Å². The molecule has 1 aromatic carbocycles. The van der Waals surface area contributed by atoms with E-state index in [4.69, 9.17) is 15.6 Å². The molecule has 90 valence electrons. The molecule has 0 heterocycles. The molecule has 5 heteroatoms. The predicted octanol–water partition coefficient (Wildman–Crippen LogP) is 1.71. The number of nitriles is 2. The fourth-order valence-electron chi connectivity index (χ4n) is 2.01. The lowest BCUT2D eigenvalue weighted by Gasteiger charge is -2.34. The molecule has 0 aromatic heterocycles. The van der Waals surface area contributed by atoms with Gasteiger partial charge in [-0.05, 0) is 31.0 Å². The minimum absolute atomic E-state index is 0.0954. The lowest BCUT2D eigenvalue weighted by molar-refractivity contribution is -0.144. The van der Waals surface area contributed by atoms with Gasteiger partial charge in [-0.25, -0.2) is 0 Å². The summed E-state index contributed by atoms with van der Waals surface area (Å²) >= 11 is 0. The van der Waals surface area contributed by atoms with E-state index in [0.29, 0.717) is 23.2 Å². The van der Waals surface area contributed by atoms with Gasteiger partial charge in [0.25, 0.3) is 0 Å². The molecule has 18 heavy (non-hydrogen) atoms. The van der Waals surface area contributed by atoms with Gasteiger partial charge in [-0.15, -0.1) is 0 Å². The zero-order valence-electron chi connectivity index (χ0n) is 9.55. The zero-order chi connectivity index (χ0) is 13.1. The van der Waals surface area contributed by atoms with E-state index >= 15 is 0 Å². The van der Waals surface area contributed by atoms with Crippen molar-refractivity contribution in [1.29, 1.82) is 10.5 Å². The fraction of sp³-hybridized carbons (Fsp3) is 0.308. The molecule has 5 nitrogen and oxygen atoms in total. The van der Waals surface area contributed by atoms with Crippen molar-refractivity contribution in [2.75, 3.05) is 5.32 Å². The molecule has 2 atom stereocenters. The molecule has 0 radical (unpaired) electrons. The Morgan fingerprint density at radius 2 is 2.00 bits per heavy atom. The van der Waals surface area contributed by atoms with Crippen LogP contribution >= 0.6 is 0 Å². The summed E-state index contributed by atoms with van der Waals surface area (Å²) in [5.74, 6) is -1.17. The second-order valence-electron chi connectivity index (χ2n) is 4.26. The lowest BCUT2D eigenvalue weighted by Crippen LogP contribution is -2.42. The van der Waals surface area contributed by atoms with Crippen molar-refractivity contribution in [1.82, 2.24) is 0 Å². The lowest BCUT2D eigenvalue weighted by atomic mass is 9.79. The van der Waals surface area contributed by atoms with Gasteiger partial charge in [0.2, 0.25) is 0 Å². The molecule has 0 amide bonds. The predicted molar refractivity (Wildman–Crippen MR) is 63.6 cm³/mol. The number of carboxylic acids is 1. The van der Waals surface area contributed by atoms with Crippen molar-refractivity contribution in [2.45, 2.75) is 18.9 Å². The second kappa shape index (κ2) is 4.77. The number of nitrogens with zero attached hydrogens (tertiary/aromatic N) is 2. The van der Waals surface area contributed by atoms with Crippen LogP contribution in [0.25, 0.3) is 0 Å². The van der Waals surface area contributed by atoms with E-state index in [2.05, 4.69) is 5.32 Å². The quantitative estimate of drug-likeness (QED) is 0.839. The first kappa shape index (κ1) is 11.9. The Bertz CT molecular complexity index is 569. The van der Waals surface area contributed by atoms with Crippen molar-refractivity contribution >= 4 is 11.7 Å². The van der Waals surface area contributed by atoms with Crippen LogP contribution in [-0.2, 0) is 4.79 Å². The van der Waals surface area contributed by atoms with E-state index in [1.165, 1.54) is 0 Å². The smallest absolute Gasteiger partial charge is 0.308 e. The van der Waals surface area contributed by atoms with Crippen LogP contribution in [-0.4, -0.2) is 17.1 Å². The Hall–Kier alpha value is -2.53. The number of hydrogen-bond acceptors (Lipinski definition) is 4. The van der Waals surface area contributed by atoms with E-state index in [0.717, 1.165) is 6.42 Å². The molecule has 2 unspecified atom stereocenters. The molecule has 2 N–H and O–H groups in total. The highest BCUT2D eigenvalue weighted by Gasteiger charge is 2.36. The van der Waals surface area contributed by atoms with E-state index in [-0.39, 0.29) is 12.0 Å². The summed E-state index contributed by atoms with van der Waals surface area (Å²) in [6.07, 6.45) is 1.48. The van der Waals surface area contributed by atoms with Crippen LogP contribution in [0.4, 0.5) is 5.69 Å². The van der Waals surface area contributed by atoms with Crippen LogP contribution in [0, 0.1) is 28.6 Å². The molecular formula is C13H11N3O2. The molecule has 0 spiro atoms. The summed E-state index contributed by atoms with van der Waals surface area (Å²) in [7, 11) is 0. The summed E-state index contributed by atoms with van der Waals surface area (Å²) in [5.41, 5.74) is 1.31. The van der Waals surface area contributed by atoms with Crippen molar-refractivity contribution < 1.29 is 9.90 Å². The fourth-order valence-corrected chi connectivity index (χ4v) is 2.01. The van der Waals surface area contributed by atoms with Crippen LogP contribution in [0.5, 0.6) is 0 Å². The third kappa shape index (κ3) is 2.11. The van der Waals surface area contributed by atoms with E-state index < -0.39 is 5.97 Å². The van der Waals surface area contributed by atoms with E-state index in [9.17, 15) is 4.79 Å². The second-order valence-corrected chi connectivity index (χ2v) is 4.26. The number of hydrogen-bond donors (Lipinski definition) is 2. The van der Waals surface area contributed by atoms with Crippen LogP contribution in [0.15, 0.2) is 18.2 Å². The maximum Gasteiger partial charge on any atom is 0.308 e. The van der Waals surface area contributed by atoms with Crippen molar-refractivity contribution in [3.63, 3.8) is 0 Å². The molecule has 1 aliphatic rings. The first-order valence-corrected chi connectivity index (χ1v) is 5.59. The van der Waals surface area contributed by atoms with Crippen molar-refractivity contribution in [3.05, 3.63) is 29.3 Å². The standard InChI is InChI=1S/C13H11N3O2/c14-6-8-1-2-10(5-9(8)7-15)16-12-4-3-11(12)13(17)18/h1-2,5,11-12,16H,3-4H2,(H,17,18). The minimum Gasteiger partial charge on any atom is -0.481 e. The summed E-state index contributed by atoms with van der Waals surface area (Å²) < 4.78 is 0. The molecule has 1 aliphatic carbocycles. The molecule has 1 aromatic rings. The van der Waals surface area contributed by atoms with Gasteiger partial charge >= 0.3 is 5.97 Å². The molecule has 1 saturated carbocycles. The average molecular weight is 241 g/mol. The van der Waals surface area contributed by atoms with Gasteiger partial charge in [0.1, 0.15) is 12.1 Å². The van der Waals surface area contributed by atoms with Crippen molar-refractivity contribution in [3.8, 4) is 12.1 Å². The van der Waals surface area contributed by atoms with Gasteiger partial charge in [0.05, 0.1) is 17.0 Å². The van der Waals surface area contributed by atoms with E-state index in [1.807, 2.05) is 12.1 Å². The summed E-state index contributed by atoms with van der Waals surface area (Å²) in [5, 5.41) is 29.7. The molecule has 1 fully saturated rings. The topological polar surface area (TPSA) is 96.9 Å². The summed E-state index contributed by atoms with van der Waals surface area (Å²) in [6.45, 7) is 0. The van der Waals surface area contributed by atoms with E-state index in [1.54, 1.807) is 18.2 Å². The Morgan fingerprint density at radius 3 is 2.50 bits per heavy atom. The minimum atomic E-state index is -0.798. The van der Waals surface area contributed by atoms with Gasteiger partial charge in [0.15, 0.2) is 0 Å². The first-order chi connectivity index (χ1) is 8.65. The zero-order valence-corrected chi connectivity index (χ0v) is 9.55. The SMILES string of the molecule is N#Cc1ccc(NC2CCC2C(=O)O)cc1C#N. The summed E-state index contributed by atoms with van der Waals surface area (Å²) in [4.78, 5) is 10.9. The highest BCUT2D eigenvalue weighted by atomic mass is 16.4. The Balaban J connectivity index is 2.14. The van der Waals surface area contributed by atoms with Crippen LogP contribution in [0.1, 0.15) is 24.0 Å². The highest BCUT2D eigenvalue weighted by Crippen LogP contribution is 2.31. The Kier molecular flexibility index (Phi) is 3.16. The van der Waals surface area contributed by atoms with Gasteiger partial charge in [-0.1, -0.05) is 0 Å². The molecule has 0 aliphatic heterocycles. The number of carbonyl (C=O) groups is 1. The highest BCUT2D eigenvalue weighted by molar-refractivity contribution is 5.73. The number of aliphatic carboxylic acids is 1. The summed E-state index contributed by atoms with van der Waals surface area (Å²) in [6, 6.07) is 8.63. The van der Waals surface area contributed by atoms with Crippen LogP contribution < -0.4 is 5.32 Å². The number of benzene rings is 1. The average Bonchev–Trinajstić information content (AvgIpc) is 2.33. The number of rotatable bonds is 3. The van der Waals surface area contributed by atoms with Crippen LogP contribution in [0.2, 0.25) is 0 Å².